The quantitative estimate of drug-likeness (QED) is 0.297. The number of nitrogen functional groups attached to an aromatic ring is 1. The van der Waals surface area contributed by atoms with E-state index in [2.05, 4.69) is 14.9 Å². The van der Waals surface area contributed by atoms with Crippen LogP contribution in [0.4, 0.5) is 20.3 Å². The molecule has 2 aromatic heterocycles. The first-order valence-corrected chi connectivity index (χ1v) is 11.8. The Labute approximate surface area is 207 Å². The lowest BCUT2D eigenvalue weighted by Crippen LogP contribution is -2.12. The van der Waals surface area contributed by atoms with Crippen LogP contribution in [0.3, 0.4) is 0 Å². The van der Waals surface area contributed by atoms with Gasteiger partial charge in [-0.2, -0.15) is 0 Å². The second-order valence-electron chi connectivity index (χ2n) is 8.60. The maximum atomic E-state index is 13.5. The molecule has 0 aliphatic heterocycles. The van der Waals surface area contributed by atoms with E-state index in [4.69, 9.17) is 20.2 Å². The lowest BCUT2D eigenvalue weighted by Gasteiger charge is -2.13. The molecule has 190 valence electrons. The molecule has 0 atom stereocenters. The molecule has 4 aromatic rings. The number of nitrogens with one attached hydrogen (secondary N) is 1. The van der Waals surface area contributed by atoms with Gasteiger partial charge in [-0.1, -0.05) is 0 Å². The maximum Gasteiger partial charge on any atom is 0.255 e. The average Bonchev–Trinajstić information content (AvgIpc) is 3.21. The van der Waals surface area contributed by atoms with E-state index in [-0.39, 0.29) is 17.5 Å². The van der Waals surface area contributed by atoms with Crippen molar-refractivity contribution in [3.63, 3.8) is 0 Å². The van der Waals surface area contributed by atoms with E-state index in [0.717, 1.165) is 35.3 Å². The second-order valence-corrected chi connectivity index (χ2v) is 8.60. The standard InChI is InChI=1S/C26H29F2N5O3/c1-4-35-14-22-32-23-24(33(22)10-5-11-36-15(2)3)18-8-7-17(13-21(18)31-25(23)29)30-26(34)16-6-9-19(27)20(28)12-16/h6-9,12-13,15H,4-5,10-11,14H2,1-3H3,(H2,29,31)(H,30,34). The Hall–Kier alpha value is -3.63. The summed E-state index contributed by atoms with van der Waals surface area (Å²) in [7, 11) is 0. The summed E-state index contributed by atoms with van der Waals surface area (Å²) in [6.07, 6.45) is 0.919. The molecule has 0 bridgehead atoms. The Bertz CT molecular complexity index is 1400. The van der Waals surface area contributed by atoms with Crippen molar-refractivity contribution in [1.29, 1.82) is 0 Å². The Morgan fingerprint density at radius 1 is 1.14 bits per heavy atom. The molecule has 36 heavy (non-hydrogen) atoms. The molecule has 3 N–H and O–H groups in total. The molecule has 1 amide bonds. The van der Waals surface area contributed by atoms with Crippen LogP contribution >= 0.6 is 0 Å². The first-order chi connectivity index (χ1) is 17.3. The predicted octanol–water partition coefficient (Wildman–Crippen LogP) is 5.05. The molecular weight excluding hydrogens is 468 g/mol. The molecule has 8 nitrogen and oxygen atoms in total. The summed E-state index contributed by atoms with van der Waals surface area (Å²) in [5.41, 5.74) is 8.70. The van der Waals surface area contributed by atoms with Crippen molar-refractivity contribution in [1.82, 2.24) is 14.5 Å². The maximum absolute atomic E-state index is 13.5. The average molecular weight is 498 g/mol. The summed E-state index contributed by atoms with van der Waals surface area (Å²) in [6, 6.07) is 8.22. The first kappa shape index (κ1) is 25.5. The summed E-state index contributed by atoms with van der Waals surface area (Å²) in [5, 5.41) is 3.51. The fourth-order valence-electron chi connectivity index (χ4n) is 3.96. The normalized spacial score (nSPS) is 11.6. The highest BCUT2D eigenvalue weighted by molar-refractivity contribution is 6.09. The molecule has 4 rings (SSSR count). The van der Waals surface area contributed by atoms with E-state index in [9.17, 15) is 13.6 Å². The minimum atomic E-state index is -1.09. The van der Waals surface area contributed by atoms with Crippen LogP contribution in [0.5, 0.6) is 0 Å². The number of fused-ring (bicyclic) bond motifs is 3. The first-order valence-electron chi connectivity index (χ1n) is 11.8. The monoisotopic (exact) mass is 497 g/mol. The molecule has 0 aliphatic rings. The van der Waals surface area contributed by atoms with Gasteiger partial charge in [-0.05, 0) is 63.6 Å². The molecule has 0 fully saturated rings. The molecule has 0 saturated heterocycles. The van der Waals surface area contributed by atoms with Gasteiger partial charge in [-0.3, -0.25) is 4.79 Å². The third kappa shape index (κ3) is 5.44. The summed E-state index contributed by atoms with van der Waals surface area (Å²) in [4.78, 5) is 21.8. The van der Waals surface area contributed by atoms with Gasteiger partial charge in [0.15, 0.2) is 17.5 Å². The van der Waals surface area contributed by atoms with Crippen molar-refractivity contribution >= 4 is 39.3 Å². The third-order valence-electron chi connectivity index (χ3n) is 5.64. The second kappa shape index (κ2) is 11.0. The number of pyridine rings is 1. The highest BCUT2D eigenvalue weighted by atomic mass is 19.2. The molecule has 2 heterocycles. The fraction of sp³-hybridized carbons (Fsp3) is 0.346. The minimum absolute atomic E-state index is 0.000758. The number of amides is 1. The van der Waals surface area contributed by atoms with Crippen LogP contribution in [0.1, 0.15) is 43.4 Å². The van der Waals surface area contributed by atoms with Crippen molar-refractivity contribution in [2.24, 2.45) is 0 Å². The number of hydrogen-bond donors (Lipinski definition) is 2. The smallest absolute Gasteiger partial charge is 0.255 e. The van der Waals surface area contributed by atoms with Crippen LogP contribution in [0.2, 0.25) is 0 Å². The zero-order valence-electron chi connectivity index (χ0n) is 20.5. The summed E-state index contributed by atoms with van der Waals surface area (Å²) >= 11 is 0. The Balaban J connectivity index is 1.70. The predicted molar refractivity (Wildman–Crippen MR) is 135 cm³/mol. The van der Waals surface area contributed by atoms with Gasteiger partial charge in [0, 0.05) is 36.4 Å². The highest BCUT2D eigenvalue weighted by Crippen LogP contribution is 2.31. The van der Waals surface area contributed by atoms with Gasteiger partial charge in [0.2, 0.25) is 0 Å². The number of rotatable bonds is 10. The Kier molecular flexibility index (Phi) is 7.76. The van der Waals surface area contributed by atoms with Gasteiger partial charge in [-0.25, -0.2) is 18.7 Å². The SMILES string of the molecule is CCOCc1nc2c(N)nc3cc(NC(=O)c4ccc(F)c(F)c4)ccc3c2n1CCCOC(C)C. The van der Waals surface area contributed by atoms with E-state index < -0.39 is 17.5 Å². The van der Waals surface area contributed by atoms with Crippen LogP contribution in [0.25, 0.3) is 21.9 Å². The van der Waals surface area contributed by atoms with Gasteiger partial charge >= 0.3 is 0 Å². The number of aromatic nitrogens is 3. The molecule has 2 aromatic carbocycles. The number of benzene rings is 2. The third-order valence-corrected chi connectivity index (χ3v) is 5.64. The van der Waals surface area contributed by atoms with Crippen LogP contribution in [-0.2, 0) is 22.6 Å². The molecule has 10 heteroatoms. The number of hydrogen-bond acceptors (Lipinski definition) is 6. The number of nitrogens with two attached hydrogens (primary N) is 1. The Morgan fingerprint density at radius 3 is 2.67 bits per heavy atom. The van der Waals surface area contributed by atoms with Gasteiger partial charge in [0.25, 0.3) is 5.91 Å². The number of halogens is 2. The largest absolute Gasteiger partial charge is 0.382 e. The van der Waals surface area contributed by atoms with E-state index in [1.54, 1.807) is 12.1 Å². The number of ether oxygens (including phenoxy) is 2. The van der Waals surface area contributed by atoms with E-state index in [1.165, 1.54) is 6.07 Å². The van der Waals surface area contributed by atoms with Gasteiger partial charge in [-0.15, -0.1) is 0 Å². The zero-order chi connectivity index (χ0) is 25.8. The minimum Gasteiger partial charge on any atom is -0.382 e. The van der Waals surface area contributed by atoms with Crippen molar-refractivity contribution in [3.05, 3.63) is 59.4 Å². The van der Waals surface area contributed by atoms with Crippen LogP contribution in [0.15, 0.2) is 36.4 Å². The molecule has 0 aliphatic carbocycles. The van der Waals surface area contributed by atoms with Crippen LogP contribution in [-0.4, -0.2) is 39.8 Å². The fourth-order valence-corrected chi connectivity index (χ4v) is 3.96. The molecular formula is C26H29F2N5O3. The molecule has 0 spiro atoms. The number of carbonyl (C=O) groups is 1. The Morgan fingerprint density at radius 2 is 1.94 bits per heavy atom. The number of anilines is 2. The zero-order valence-corrected chi connectivity index (χ0v) is 20.5. The van der Waals surface area contributed by atoms with Crippen molar-refractivity contribution in [2.45, 2.75) is 46.4 Å². The summed E-state index contributed by atoms with van der Waals surface area (Å²) < 4.78 is 40.2. The van der Waals surface area contributed by atoms with Crippen LogP contribution < -0.4 is 11.1 Å². The van der Waals surface area contributed by atoms with E-state index in [0.29, 0.717) is 43.1 Å². The summed E-state index contributed by atoms with van der Waals surface area (Å²) in [5.74, 6) is -1.67. The summed E-state index contributed by atoms with van der Waals surface area (Å²) in [6.45, 7) is 8.05. The van der Waals surface area contributed by atoms with Crippen molar-refractivity contribution in [3.8, 4) is 0 Å². The lowest BCUT2D eigenvalue weighted by atomic mass is 10.1. The topological polar surface area (TPSA) is 104 Å². The highest BCUT2D eigenvalue weighted by Gasteiger charge is 2.18. The lowest BCUT2D eigenvalue weighted by molar-refractivity contribution is 0.0742. The number of aryl methyl sites for hydroxylation is 1. The van der Waals surface area contributed by atoms with Crippen LogP contribution in [0, 0.1) is 11.6 Å². The van der Waals surface area contributed by atoms with Crippen molar-refractivity contribution < 1.29 is 23.0 Å². The molecule has 0 unspecified atom stereocenters. The number of imidazole rings is 1. The van der Waals surface area contributed by atoms with Crippen molar-refractivity contribution in [2.75, 3.05) is 24.3 Å². The van der Waals surface area contributed by atoms with Gasteiger partial charge in [0.1, 0.15) is 17.9 Å². The van der Waals surface area contributed by atoms with Gasteiger partial charge < -0.3 is 25.1 Å². The van der Waals surface area contributed by atoms with E-state index >= 15 is 0 Å². The number of carbonyl (C=O) groups excluding carboxylic acids is 1. The molecule has 0 radical (unpaired) electrons. The number of nitrogens with zero attached hydrogens (tertiary/aromatic N) is 3. The molecule has 0 saturated carbocycles. The van der Waals surface area contributed by atoms with Gasteiger partial charge in [0.05, 0.1) is 17.1 Å². The van der Waals surface area contributed by atoms with E-state index in [1.807, 2.05) is 26.8 Å².